The summed E-state index contributed by atoms with van der Waals surface area (Å²) in [5.74, 6) is 0.532. The number of aryl methyl sites for hydroxylation is 1. The molecule has 5 nitrogen and oxygen atoms in total. The Balaban J connectivity index is 1.57. The van der Waals surface area contributed by atoms with E-state index < -0.39 is 0 Å². The molecule has 112 valence electrons. The first-order valence-electron chi connectivity index (χ1n) is 7.12. The Kier molecular flexibility index (Phi) is 4.05. The van der Waals surface area contributed by atoms with E-state index in [4.69, 9.17) is 4.42 Å². The second kappa shape index (κ2) is 6.30. The number of carbonyl (C=O) groups excluding carboxylic acids is 1. The molecule has 3 aromatic rings. The fourth-order valence-electron chi connectivity index (χ4n) is 2.42. The fourth-order valence-corrected chi connectivity index (χ4v) is 2.42. The summed E-state index contributed by atoms with van der Waals surface area (Å²) in [6.07, 6.45) is 9.31. The lowest BCUT2D eigenvalue weighted by atomic mass is 10.1. The summed E-state index contributed by atoms with van der Waals surface area (Å²) in [7, 11) is 1.98. The second-order valence-corrected chi connectivity index (χ2v) is 5.03. The van der Waals surface area contributed by atoms with Crippen molar-refractivity contribution in [3.63, 3.8) is 0 Å². The topological polar surface area (TPSA) is 60.1 Å². The highest BCUT2D eigenvalue weighted by atomic mass is 16.3. The number of nitrogens with one attached hydrogen (secondary N) is 1. The van der Waals surface area contributed by atoms with Crippen LogP contribution in [0.15, 0.2) is 53.4 Å². The predicted molar refractivity (Wildman–Crippen MR) is 85.2 cm³/mol. The Morgan fingerprint density at radius 3 is 3.14 bits per heavy atom. The molecule has 5 heteroatoms. The number of aromatic nitrogens is 2. The summed E-state index contributed by atoms with van der Waals surface area (Å²) in [6.45, 7) is 0.579. The Morgan fingerprint density at radius 2 is 2.32 bits per heavy atom. The van der Waals surface area contributed by atoms with Gasteiger partial charge in [-0.05, 0) is 42.3 Å². The van der Waals surface area contributed by atoms with Gasteiger partial charge in [-0.3, -0.25) is 4.79 Å². The van der Waals surface area contributed by atoms with Crippen molar-refractivity contribution in [3.8, 4) is 0 Å². The van der Waals surface area contributed by atoms with Crippen molar-refractivity contribution >= 4 is 23.0 Å². The van der Waals surface area contributed by atoms with Crippen LogP contribution in [-0.4, -0.2) is 22.0 Å². The van der Waals surface area contributed by atoms with Gasteiger partial charge < -0.3 is 14.3 Å². The molecule has 0 fully saturated rings. The fraction of sp³-hybridized carbons (Fsp3) is 0.176. The highest BCUT2D eigenvalue weighted by Gasteiger charge is 2.06. The first kappa shape index (κ1) is 14.1. The molecule has 0 aliphatic rings. The van der Waals surface area contributed by atoms with Crippen LogP contribution in [0.3, 0.4) is 0 Å². The molecule has 22 heavy (non-hydrogen) atoms. The van der Waals surface area contributed by atoms with Gasteiger partial charge in [-0.2, -0.15) is 0 Å². The van der Waals surface area contributed by atoms with Crippen molar-refractivity contribution in [1.29, 1.82) is 0 Å². The van der Waals surface area contributed by atoms with Crippen molar-refractivity contribution in [2.24, 2.45) is 7.05 Å². The van der Waals surface area contributed by atoms with E-state index in [1.54, 1.807) is 30.7 Å². The lowest BCUT2D eigenvalue weighted by molar-refractivity contribution is -0.116. The van der Waals surface area contributed by atoms with E-state index in [2.05, 4.69) is 22.6 Å². The summed E-state index contributed by atoms with van der Waals surface area (Å²) in [5, 5.41) is 4.00. The van der Waals surface area contributed by atoms with E-state index in [1.807, 2.05) is 17.7 Å². The summed E-state index contributed by atoms with van der Waals surface area (Å²) in [6, 6.07) is 7.56. The molecule has 0 atom stereocenters. The highest BCUT2D eigenvalue weighted by Crippen LogP contribution is 2.18. The summed E-state index contributed by atoms with van der Waals surface area (Å²) in [4.78, 5) is 16.1. The third kappa shape index (κ3) is 3.09. The van der Waals surface area contributed by atoms with E-state index >= 15 is 0 Å². The SMILES string of the molecule is Cn1cc(CCNC(=O)C=Cc2ccco2)c2cccnc21. The third-order valence-corrected chi connectivity index (χ3v) is 3.45. The molecule has 0 spiro atoms. The maximum Gasteiger partial charge on any atom is 0.244 e. The Morgan fingerprint density at radius 1 is 1.41 bits per heavy atom. The largest absolute Gasteiger partial charge is 0.465 e. The number of pyridine rings is 1. The van der Waals surface area contributed by atoms with E-state index in [-0.39, 0.29) is 5.91 Å². The number of nitrogens with zero attached hydrogens (tertiary/aromatic N) is 2. The zero-order chi connectivity index (χ0) is 15.4. The number of fused-ring (bicyclic) bond motifs is 1. The molecule has 0 saturated carbocycles. The molecule has 0 unspecified atom stereocenters. The quantitative estimate of drug-likeness (QED) is 0.736. The van der Waals surface area contributed by atoms with Crippen LogP contribution in [-0.2, 0) is 18.3 Å². The predicted octanol–water partition coefficient (Wildman–Crippen LogP) is 2.54. The van der Waals surface area contributed by atoms with Crippen LogP contribution < -0.4 is 5.32 Å². The normalized spacial score (nSPS) is 11.3. The number of amides is 1. The second-order valence-electron chi connectivity index (χ2n) is 5.03. The number of hydrogen-bond donors (Lipinski definition) is 1. The monoisotopic (exact) mass is 295 g/mol. The van der Waals surface area contributed by atoms with Crippen LogP contribution in [0.4, 0.5) is 0 Å². The van der Waals surface area contributed by atoms with Crippen molar-refractivity contribution in [3.05, 3.63) is 60.3 Å². The van der Waals surface area contributed by atoms with Crippen molar-refractivity contribution in [2.75, 3.05) is 6.54 Å². The molecule has 3 aromatic heterocycles. The van der Waals surface area contributed by atoms with Crippen molar-refractivity contribution in [2.45, 2.75) is 6.42 Å². The first-order chi connectivity index (χ1) is 10.7. The lowest BCUT2D eigenvalue weighted by Crippen LogP contribution is -2.23. The molecular weight excluding hydrogens is 278 g/mol. The van der Waals surface area contributed by atoms with Crippen LogP contribution in [0.25, 0.3) is 17.1 Å². The van der Waals surface area contributed by atoms with Crippen LogP contribution in [0.5, 0.6) is 0 Å². The van der Waals surface area contributed by atoms with Crippen LogP contribution in [0, 0.1) is 0 Å². The minimum atomic E-state index is -0.130. The molecule has 0 radical (unpaired) electrons. The molecule has 3 rings (SSSR count). The molecule has 0 aliphatic carbocycles. The number of hydrogen-bond acceptors (Lipinski definition) is 3. The van der Waals surface area contributed by atoms with Gasteiger partial charge in [0, 0.05) is 37.4 Å². The van der Waals surface area contributed by atoms with Crippen molar-refractivity contribution < 1.29 is 9.21 Å². The van der Waals surface area contributed by atoms with E-state index in [9.17, 15) is 4.79 Å². The summed E-state index contributed by atoms with van der Waals surface area (Å²) in [5.41, 5.74) is 2.14. The van der Waals surface area contributed by atoms with Gasteiger partial charge in [-0.15, -0.1) is 0 Å². The number of furan rings is 1. The first-order valence-corrected chi connectivity index (χ1v) is 7.12. The maximum atomic E-state index is 11.7. The van der Waals surface area contributed by atoms with Crippen LogP contribution >= 0.6 is 0 Å². The van der Waals surface area contributed by atoms with Gasteiger partial charge in [-0.1, -0.05) is 0 Å². The summed E-state index contributed by atoms with van der Waals surface area (Å²) >= 11 is 0. The Bertz CT molecular complexity index is 801. The lowest BCUT2D eigenvalue weighted by Gasteiger charge is -2.01. The standard InChI is InChI=1S/C17H17N3O2/c1-20-12-13(15-5-2-9-19-17(15)20)8-10-18-16(21)7-6-14-4-3-11-22-14/h2-7,9,11-12H,8,10H2,1H3,(H,18,21). The Hall–Kier alpha value is -2.82. The van der Waals surface area contributed by atoms with Gasteiger partial charge in [0.05, 0.1) is 6.26 Å². The van der Waals surface area contributed by atoms with Crippen LogP contribution in [0.2, 0.25) is 0 Å². The van der Waals surface area contributed by atoms with Gasteiger partial charge in [0.1, 0.15) is 11.4 Å². The molecule has 0 aliphatic heterocycles. The minimum absolute atomic E-state index is 0.130. The smallest absolute Gasteiger partial charge is 0.244 e. The van der Waals surface area contributed by atoms with E-state index in [0.29, 0.717) is 12.3 Å². The molecule has 1 N–H and O–H groups in total. The van der Waals surface area contributed by atoms with Gasteiger partial charge in [-0.25, -0.2) is 4.98 Å². The number of carbonyl (C=O) groups is 1. The number of rotatable bonds is 5. The Labute approximate surface area is 128 Å². The molecule has 3 heterocycles. The zero-order valence-corrected chi connectivity index (χ0v) is 12.3. The zero-order valence-electron chi connectivity index (χ0n) is 12.3. The summed E-state index contributed by atoms with van der Waals surface area (Å²) < 4.78 is 7.14. The van der Waals surface area contributed by atoms with E-state index in [0.717, 1.165) is 17.5 Å². The molecule has 0 aromatic carbocycles. The molecule has 0 bridgehead atoms. The van der Waals surface area contributed by atoms with Gasteiger partial charge >= 0.3 is 0 Å². The van der Waals surface area contributed by atoms with Gasteiger partial charge in [0.15, 0.2) is 0 Å². The van der Waals surface area contributed by atoms with Crippen LogP contribution in [0.1, 0.15) is 11.3 Å². The average Bonchev–Trinajstić information content (AvgIpc) is 3.15. The molecular formula is C17H17N3O2. The maximum absolute atomic E-state index is 11.7. The van der Waals surface area contributed by atoms with Crippen molar-refractivity contribution in [1.82, 2.24) is 14.9 Å². The molecule has 1 amide bonds. The van der Waals surface area contributed by atoms with E-state index in [1.165, 1.54) is 11.6 Å². The average molecular weight is 295 g/mol. The van der Waals surface area contributed by atoms with Gasteiger partial charge in [0.25, 0.3) is 0 Å². The minimum Gasteiger partial charge on any atom is -0.465 e. The van der Waals surface area contributed by atoms with Gasteiger partial charge in [0.2, 0.25) is 5.91 Å². The highest BCUT2D eigenvalue weighted by molar-refractivity contribution is 5.91. The third-order valence-electron chi connectivity index (χ3n) is 3.45. The molecule has 0 saturated heterocycles.